The summed E-state index contributed by atoms with van der Waals surface area (Å²) in [5, 5.41) is 14.5. The summed E-state index contributed by atoms with van der Waals surface area (Å²) in [5.74, 6) is 1.95. The SMILES string of the molecule is Cn1nc(NC(=O)CCc2nc(Cl)n[nH]2)c2c(Oc3cccnc3)cccc21. The van der Waals surface area contributed by atoms with Gasteiger partial charge in [0.2, 0.25) is 11.2 Å². The maximum Gasteiger partial charge on any atom is 0.242 e. The van der Waals surface area contributed by atoms with Crippen LogP contribution in [0, 0.1) is 0 Å². The first-order valence-corrected chi connectivity index (χ1v) is 8.88. The molecule has 4 aromatic rings. The molecule has 0 spiro atoms. The third-order valence-corrected chi connectivity index (χ3v) is 4.22. The Morgan fingerprint density at radius 3 is 2.96 bits per heavy atom. The number of H-pyrrole nitrogens is 1. The fourth-order valence-corrected chi connectivity index (χ4v) is 2.94. The minimum atomic E-state index is -0.205. The van der Waals surface area contributed by atoms with Crippen molar-refractivity contribution in [2.75, 3.05) is 5.32 Å². The summed E-state index contributed by atoms with van der Waals surface area (Å²) in [6.07, 6.45) is 3.88. The zero-order chi connectivity index (χ0) is 19.5. The van der Waals surface area contributed by atoms with Crippen LogP contribution in [0.4, 0.5) is 5.82 Å². The van der Waals surface area contributed by atoms with Crippen LogP contribution in [-0.2, 0) is 18.3 Å². The van der Waals surface area contributed by atoms with Crippen LogP contribution in [0.25, 0.3) is 10.9 Å². The minimum Gasteiger partial charge on any atom is -0.455 e. The van der Waals surface area contributed by atoms with Gasteiger partial charge in [-0.05, 0) is 35.9 Å². The zero-order valence-electron chi connectivity index (χ0n) is 14.9. The molecule has 4 rings (SSSR count). The third-order valence-electron chi connectivity index (χ3n) is 4.05. The Morgan fingerprint density at radius 1 is 1.32 bits per heavy atom. The highest BCUT2D eigenvalue weighted by molar-refractivity contribution is 6.28. The molecule has 10 heteroatoms. The molecule has 0 aliphatic carbocycles. The first-order chi connectivity index (χ1) is 13.6. The van der Waals surface area contributed by atoms with Crippen LogP contribution in [0.2, 0.25) is 5.28 Å². The lowest BCUT2D eigenvalue weighted by molar-refractivity contribution is -0.116. The second-order valence-electron chi connectivity index (χ2n) is 6.01. The van der Waals surface area contributed by atoms with Crippen LogP contribution >= 0.6 is 11.6 Å². The van der Waals surface area contributed by atoms with E-state index in [0.717, 1.165) is 5.52 Å². The van der Waals surface area contributed by atoms with Crippen molar-refractivity contribution in [3.8, 4) is 11.5 Å². The van der Waals surface area contributed by atoms with E-state index >= 15 is 0 Å². The van der Waals surface area contributed by atoms with Crippen LogP contribution in [0.5, 0.6) is 11.5 Å². The standard InChI is InChI=1S/C18H16ClN7O2/c1-26-12-5-2-6-13(28-11-4-3-9-20-10-11)16(12)17(25-26)22-15(27)8-7-14-21-18(19)24-23-14/h2-6,9-10H,7-8H2,1H3,(H,21,23,24)(H,22,25,27). The van der Waals surface area contributed by atoms with Crippen molar-refractivity contribution in [3.63, 3.8) is 0 Å². The molecular weight excluding hydrogens is 382 g/mol. The second-order valence-corrected chi connectivity index (χ2v) is 6.35. The number of ether oxygens (including phenoxy) is 1. The Kier molecular flexibility index (Phi) is 4.90. The number of nitrogens with zero attached hydrogens (tertiary/aromatic N) is 5. The predicted octanol–water partition coefficient (Wildman–Crippen LogP) is 3.10. The number of amides is 1. The highest BCUT2D eigenvalue weighted by Crippen LogP contribution is 2.34. The lowest BCUT2D eigenvalue weighted by Crippen LogP contribution is -2.13. The average molecular weight is 398 g/mol. The highest BCUT2D eigenvalue weighted by Gasteiger charge is 2.17. The number of rotatable bonds is 6. The molecule has 0 saturated heterocycles. The number of fused-ring (bicyclic) bond motifs is 1. The van der Waals surface area contributed by atoms with Crippen LogP contribution in [0.1, 0.15) is 12.2 Å². The van der Waals surface area contributed by atoms with Gasteiger partial charge in [0.1, 0.15) is 17.3 Å². The van der Waals surface area contributed by atoms with Crippen LogP contribution in [0.3, 0.4) is 0 Å². The smallest absolute Gasteiger partial charge is 0.242 e. The summed E-state index contributed by atoms with van der Waals surface area (Å²) in [4.78, 5) is 20.4. The Hall–Kier alpha value is -3.46. The molecule has 0 bridgehead atoms. The molecule has 0 atom stereocenters. The average Bonchev–Trinajstić information content (AvgIpc) is 3.25. The number of hydrogen-bond acceptors (Lipinski definition) is 6. The zero-order valence-corrected chi connectivity index (χ0v) is 15.6. The van der Waals surface area contributed by atoms with E-state index in [9.17, 15) is 4.79 Å². The van der Waals surface area contributed by atoms with Crippen molar-refractivity contribution in [3.05, 3.63) is 53.8 Å². The van der Waals surface area contributed by atoms with Gasteiger partial charge < -0.3 is 10.1 Å². The summed E-state index contributed by atoms with van der Waals surface area (Å²) in [6.45, 7) is 0. The van der Waals surface area contributed by atoms with Crippen molar-refractivity contribution < 1.29 is 9.53 Å². The molecule has 2 N–H and O–H groups in total. The third kappa shape index (κ3) is 3.79. The van der Waals surface area contributed by atoms with E-state index in [1.165, 1.54) is 0 Å². The van der Waals surface area contributed by atoms with E-state index in [4.69, 9.17) is 16.3 Å². The van der Waals surface area contributed by atoms with Crippen LogP contribution in [-0.4, -0.2) is 35.9 Å². The lowest BCUT2D eigenvalue weighted by Gasteiger charge is -2.08. The predicted molar refractivity (Wildman–Crippen MR) is 103 cm³/mol. The Morgan fingerprint density at radius 2 is 2.21 bits per heavy atom. The molecule has 0 radical (unpaired) electrons. The second kappa shape index (κ2) is 7.65. The van der Waals surface area contributed by atoms with Crippen molar-refractivity contribution >= 4 is 34.2 Å². The molecular formula is C18H16ClN7O2. The minimum absolute atomic E-state index is 0.128. The number of aromatic amines is 1. The molecule has 0 unspecified atom stereocenters. The van der Waals surface area contributed by atoms with E-state index in [1.807, 2.05) is 31.3 Å². The Labute approximate surface area is 164 Å². The summed E-state index contributed by atoms with van der Waals surface area (Å²) in [5.41, 5.74) is 0.832. The van der Waals surface area contributed by atoms with Gasteiger partial charge in [0.05, 0.1) is 17.1 Å². The van der Waals surface area contributed by atoms with Gasteiger partial charge in [-0.15, -0.1) is 5.10 Å². The first kappa shape index (κ1) is 17.9. The van der Waals surface area contributed by atoms with Gasteiger partial charge in [-0.25, -0.2) is 4.98 Å². The number of carbonyl (C=O) groups excluding carboxylic acids is 1. The molecule has 142 valence electrons. The molecule has 0 aliphatic rings. The molecule has 3 heterocycles. The van der Waals surface area contributed by atoms with Crippen LogP contribution in [0.15, 0.2) is 42.7 Å². The van der Waals surface area contributed by atoms with Crippen molar-refractivity contribution in [2.45, 2.75) is 12.8 Å². The maximum atomic E-state index is 12.4. The number of halogens is 1. The maximum absolute atomic E-state index is 12.4. The molecule has 28 heavy (non-hydrogen) atoms. The van der Waals surface area contributed by atoms with Crippen molar-refractivity contribution in [2.24, 2.45) is 7.05 Å². The number of hydrogen-bond donors (Lipinski definition) is 2. The number of benzene rings is 1. The number of pyridine rings is 1. The van der Waals surface area contributed by atoms with E-state index in [-0.39, 0.29) is 17.6 Å². The van der Waals surface area contributed by atoms with Gasteiger partial charge in [0, 0.05) is 26.1 Å². The molecule has 0 fully saturated rings. The molecule has 0 saturated carbocycles. The number of aromatic nitrogens is 6. The largest absolute Gasteiger partial charge is 0.455 e. The number of aryl methyl sites for hydroxylation is 2. The summed E-state index contributed by atoms with van der Waals surface area (Å²) in [6, 6.07) is 9.20. The van der Waals surface area contributed by atoms with Crippen molar-refractivity contribution in [1.82, 2.24) is 29.9 Å². The molecule has 1 aromatic carbocycles. The summed E-state index contributed by atoms with van der Waals surface area (Å²) < 4.78 is 7.65. The number of anilines is 1. The Bertz CT molecular complexity index is 1120. The van der Waals surface area contributed by atoms with E-state index in [0.29, 0.717) is 34.9 Å². The number of nitrogens with one attached hydrogen (secondary N) is 2. The monoisotopic (exact) mass is 397 g/mol. The van der Waals surface area contributed by atoms with E-state index in [1.54, 1.807) is 23.1 Å². The van der Waals surface area contributed by atoms with Gasteiger partial charge in [-0.2, -0.15) is 5.10 Å². The van der Waals surface area contributed by atoms with E-state index in [2.05, 4.69) is 30.6 Å². The van der Waals surface area contributed by atoms with Gasteiger partial charge in [0.15, 0.2) is 5.82 Å². The van der Waals surface area contributed by atoms with Crippen molar-refractivity contribution in [1.29, 1.82) is 0 Å². The molecule has 1 amide bonds. The van der Waals surface area contributed by atoms with Gasteiger partial charge in [-0.1, -0.05) is 6.07 Å². The first-order valence-electron chi connectivity index (χ1n) is 8.50. The quantitative estimate of drug-likeness (QED) is 0.517. The topological polar surface area (TPSA) is 111 Å². The summed E-state index contributed by atoms with van der Waals surface area (Å²) >= 11 is 5.67. The van der Waals surface area contributed by atoms with Gasteiger partial charge in [0.25, 0.3) is 0 Å². The summed E-state index contributed by atoms with van der Waals surface area (Å²) in [7, 11) is 1.81. The highest BCUT2D eigenvalue weighted by atomic mass is 35.5. The fraction of sp³-hybridized carbons (Fsp3) is 0.167. The molecule has 9 nitrogen and oxygen atoms in total. The molecule has 3 aromatic heterocycles. The molecule has 0 aliphatic heterocycles. The van der Waals surface area contributed by atoms with Gasteiger partial charge in [-0.3, -0.25) is 19.6 Å². The van der Waals surface area contributed by atoms with Gasteiger partial charge >= 0.3 is 0 Å². The van der Waals surface area contributed by atoms with E-state index < -0.39 is 0 Å². The lowest BCUT2D eigenvalue weighted by atomic mass is 10.2. The Balaban J connectivity index is 1.57. The number of carbonyl (C=O) groups is 1. The fourth-order valence-electron chi connectivity index (χ4n) is 2.80. The van der Waals surface area contributed by atoms with Crippen LogP contribution < -0.4 is 10.1 Å². The normalized spacial score (nSPS) is 10.9.